The van der Waals surface area contributed by atoms with Gasteiger partial charge in [0.15, 0.2) is 0 Å². The quantitative estimate of drug-likeness (QED) is 0.927. The number of benzene rings is 1. The van der Waals surface area contributed by atoms with Crippen molar-refractivity contribution in [2.75, 3.05) is 0 Å². The molecule has 4 rings (SSSR count). The topological polar surface area (TPSA) is 64.0 Å². The number of rotatable bonds is 4. The van der Waals surface area contributed by atoms with Gasteiger partial charge in [-0.05, 0) is 68.2 Å². The van der Waals surface area contributed by atoms with E-state index < -0.39 is 10.0 Å². The Balaban J connectivity index is 1.57. The van der Waals surface area contributed by atoms with Gasteiger partial charge in [-0.25, -0.2) is 18.1 Å². The summed E-state index contributed by atoms with van der Waals surface area (Å²) in [5.74, 6) is 0. The summed E-state index contributed by atoms with van der Waals surface area (Å²) in [6.07, 6.45) is 12.7. The van der Waals surface area contributed by atoms with Crippen molar-refractivity contribution in [2.45, 2.75) is 61.9 Å². The maximum Gasteiger partial charge on any atom is 0.240 e. The van der Waals surface area contributed by atoms with E-state index in [4.69, 9.17) is 0 Å². The molecule has 0 bridgehead atoms. The lowest BCUT2D eigenvalue weighted by Gasteiger charge is -2.23. The molecule has 0 radical (unpaired) electrons. The van der Waals surface area contributed by atoms with Crippen LogP contribution in [-0.2, 0) is 22.9 Å². The monoisotopic (exact) mass is 345 g/mol. The van der Waals surface area contributed by atoms with Crippen molar-refractivity contribution >= 4 is 10.0 Å². The molecule has 0 aliphatic heterocycles. The maximum absolute atomic E-state index is 12.9. The maximum atomic E-state index is 12.9. The molecular weight excluding hydrogens is 322 g/mol. The Hall–Kier alpha value is -1.66. The normalized spacial score (nSPS) is 24.0. The zero-order valence-corrected chi connectivity index (χ0v) is 14.5. The molecular formula is C18H23N3O2S. The minimum absolute atomic E-state index is 0.0692. The lowest BCUT2D eigenvalue weighted by molar-refractivity contribution is 0.431. The van der Waals surface area contributed by atoms with Crippen molar-refractivity contribution < 1.29 is 8.42 Å². The van der Waals surface area contributed by atoms with E-state index in [2.05, 4.69) is 9.71 Å². The van der Waals surface area contributed by atoms with E-state index >= 15 is 0 Å². The first-order valence-electron chi connectivity index (χ1n) is 8.75. The molecule has 128 valence electrons. The second kappa shape index (κ2) is 6.33. The van der Waals surface area contributed by atoms with Crippen LogP contribution in [0.15, 0.2) is 41.8 Å². The van der Waals surface area contributed by atoms with Crippen molar-refractivity contribution in [2.24, 2.45) is 0 Å². The average molecular weight is 345 g/mol. The summed E-state index contributed by atoms with van der Waals surface area (Å²) < 4.78 is 30.7. The van der Waals surface area contributed by atoms with E-state index in [1.54, 1.807) is 18.6 Å². The summed E-state index contributed by atoms with van der Waals surface area (Å²) >= 11 is 0. The minimum atomic E-state index is -3.48. The summed E-state index contributed by atoms with van der Waals surface area (Å²) in [6, 6.07) is 5.71. The zero-order chi connectivity index (χ0) is 16.6. The molecule has 0 unspecified atom stereocenters. The molecule has 6 heteroatoms. The summed E-state index contributed by atoms with van der Waals surface area (Å²) in [5.41, 5.74) is 2.50. The third kappa shape index (κ3) is 3.00. The van der Waals surface area contributed by atoms with Crippen molar-refractivity contribution in [1.29, 1.82) is 0 Å². The summed E-state index contributed by atoms with van der Waals surface area (Å²) in [5, 5.41) is 0. The predicted molar refractivity (Wildman–Crippen MR) is 92.3 cm³/mol. The lowest BCUT2D eigenvalue weighted by Crippen LogP contribution is -2.38. The molecule has 0 amide bonds. The number of sulfonamides is 1. The third-order valence-corrected chi connectivity index (χ3v) is 6.81. The highest BCUT2D eigenvalue weighted by atomic mass is 32.2. The molecule has 0 spiro atoms. The minimum Gasteiger partial charge on any atom is -0.333 e. The molecule has 2 aliphatic rings. The fraction of sp³-hybridized carbons (Fsp3) is 0.500. The second-order valence-electron chi connectivity index (χ2n) is 6.87. The van der Waals surface area contributed by atoms with Crippen LogP contribution >= 0.6 is 0 Å². The first-order valence-corrected chi connectivity index (χ1v) is 10.2. The molecule has 24 heavy (non-hydrogen) atoms. The fourth-order valence-electron chi connectivity index (χ4n) is 4.04. The van der Waals surface area contributed by atoms with Crippen LogP contribution in [0.25, 0.3) is 0 Å². The van der Waals surface area contributed by atoms with Crippen molar-refractivity contribution in [1.82, 2.24) is 14.3 Å². The number of fused-ring (bicyclic) bond motifs is 1. The van der Waals surface area contributed by atoms with E-state index in [9.17, 15) is 8.42 Å². The number of hydrogen-bond acceptors (Lipinski definition) is 3. The van der Waals surface area contributed by atoms with Crippen LogP contribution in [0.4, 0.5) is 0 Å². The van der Waals surface area contributed by atoms with Crippen LogP contribution in [0.5, 0.6) is 0 Å². The van der Waals surface area contributed by atoms with E-state index in [0.29, 0.717) is 4.90 Å². The van der Waals surface area contributed by atoms with Crippen LogP contribution < -0.4 is 4.72 Å². The molecule has 2 atom stereocenters. The van der Waals surface area contributed by atoms with Crippen LogP contribution in [-0.4, -0.2) is 24.0 Å². The average Bonchev–Trinajstić information content (AvgIpc) is 3.25. The number of nitrogens with one attached hydrogen (secondary N) is 1. The van der Waals surface area contributed by atoms with Crippen LogP contribution in [0.1, 0.15) is 49.3 Å². The molecule has 2 aliphatic carbocycles. The predicted octanol–water partition coefficient (Wildman–Crippen LogP) is 2.83. The second-order valence-corrected chi connectivity index (χ2v) is 8.59. The molecule has 1 N–H and O–H groups in total. The van der Waals surface area contributed by atoms with E-state index in [1.807, 2.05) is 22.9 Å². The first-order chi connectivity index (χ1) is 11.6. The fourth-order valence-corrected chi connectivity index (χ4v) is 5.40. The highest BCUT2D eigenvalue weighted by molar-refractivity contribution is 7.89. The number of aromatic nitrogens is 2. The highest BCUT2D eigenvalue weighted by Crippen LogP contribution is 2.31. The Morgan fingerprint density at radius 2 is 1.92 bits per heavy atom. The number of imidazole rings is 1. The van der Waals surface area contributed by atoms with Gasteiger partial charge in [-0.2, -0.15) is 0 Å². The number of nitrogens with zero attached hydrogens (tertiary/aromatic N) is 2. The Morgan fingerprint density at radius 3 is 2.71 bits per heavy atom. The van der Waals surface area contributed by atoms with Gasteiger partial charge >= 0.3 is 0 Å². The summed E-state index contributed by atoms with van der Waals surface area (Å²) in [7, 11) is -3.48. The molecule has 1 heterocycles. The molecule has 1 fully saturated rings. The van der Waals surface area contributed by atoms with E-state index in [1.165, 1.54) is 17.5 Å². The molecule has 2 aromatic rings. The Kier molecular flexibility index (Phi) is 4.18. The zero-order valence-electron chi connectivity index (χ0n) is 13.7. The largest absolute Gasteiger partial charge is 0.333 e. The summed E-state index contributed by atoms with van der Waals surface area (Å²) in [4.78, 5) is 4.49. The Labute approximate surface area is 143 Å². The van der Waals surface area contributed by atoms with Crippen LogP contribution in [0, 0.1) is 0 Å². The number of hydrogen-bond donors (Lipinski definition) is 1. The number of aryl methyl sites for hydroxylation is 2. The van der Waals surface area contributed by atoms with Crippen molar-refractivity contribution in [3.05, 3.63) is 48.0 Å². The standard InChI is InChI=1S/C18H23N3O2S/c22-24(23,16-9-8-14-4-1-2-5-15(14)12-16)20-17-6-3-7-18(17)21-11-10-19-13-21/h8-13,17-18,20H,1-7H2/t17-,18-/m0/s1. The molecule has 1 aromatic heterocycles. The van der Waals surface area contributed by atoms with Gasteiger partial charge in [0.2, 0.25) is 10.0 Å². The smallest absolute Gasteiger partial charge is 0.240 e. The van der Waals surface area contributed by atoms with Crippen LogP contribution in [0.3, 0.4) is 0 Å². The SMILES string of the molecule is O=S(=O)(N[C@H]1CCC[C@@H]1n1ccnc1)c1ccc2c(c1)CCCC2. The first kappa shape index (κ1) is 15.8. The van der Waals surface area contributed by atoms with E-state index in [0.717, 1.165) is 38.5 Å². The molecule has 1 aromatic carbocycles. The van der Waals surface area contributed by atoms with Gasteiger partial charge in [0, 0.05) is 18.4 Å². The molecule has 0 saturated heterocycles. The Morgan fingerprint density at radius 1 is 1.08 bits per heavy atom. The van der Waals surface area contributed by atoms with Crippen molar-refractivity contribution in [3.8, 4) is 0 Å². The molecule has 1 saturated carbocycles. The van der Waals surface area contributed by atoms with Crippen LogP contribution in [0.2, 0.25) is 0 Å². The van der Waals surface area contributed by atoms with Gasteiger partial charge in [-0.1, -0.05) is 6.07 Å². The van der Waals surface area contributed by atoms with E-state index in [-0.39, 0.29) is 12.1 Å². The van der Waals surface area contributed by atoms with Gasteiger partial charge in [-0.3, -0.25) is 0 Å². The Bertz CT molecular complexity index is 815. The van der Waals surface area contributed by atoms with Gasteiger partial charge in [0.05, 0.1) is 17.3 Å². The van der Waals surface area contributed by atoms with Gasteiger partial charge in [0.1, 0.15) is 0 Å². The highest BCUT2D eigenvalue weighted by Gasteiger charge is 2.32. The van der Waals surface area contributed by atoms with Crippen molar-refractivity contribution in [3.63, 3.8) is 0 Å². The van der Waals surface area contributed by atoms with Gasteiger partial charge in [-0.15, -0.1) is 0 Å². The van der Waals surface area contributed by atoms with Gasteiger partial charge in [0.25, 0.3) is 0 Å². The molecule has 5 nitrogen and oxygen atoms in total. The van der Waals surface area contributed by atoms with Gasteiger partial charge < -0.3 is 4.57 Å². The summed E-state index contributed by atoms with van der Waals surface area (Å²) in [6.45, 7) is 0. The lowest BCUT2D eigenvalue weighted by atomic mass is 9.92. The third-order valence-electron chi connectivity index (χ3n) is 5.32.